The second-order valence-electron chi connectivity index (χ2n) is 4.52. The van der Waals surface area contributed by atoms with Gasteiger partial charge in [-0.1, -0.05) is 12.1 Å². The first kappa shape index (κ1) is 13.1. The van der Waals surface area contributed by atoms with E-state index in [0.29, 0.717) is 25.3 Å². The summed E-state index contributed by atoms with van der Waals surface area (Å²) in [4.78, 5) is 24.7. The van der Waals surface area contributed by atoms with Crippen molar-refractivity contribution >= 4 is 17.5 Å². The Balaban J connectivity index is 2.24. The van der Waals surface area contributed by atoms with Crippen molar-refractivity contribution in [3.63, 3.8) is 0 Å². The minimum Gasteiger partial charge on any atom is -0.465 e. The summed E-state index contributed by atoms with van der Waals surface area (Å²) in [5, 5.41) is 20.0. The third kappa shape index (κ3) is 2.59. The van der Waals surface area contributed by atoms with Crippen molar-refractivity contribution < 1.29 is 14.8 Å². The van der Waals surface area contributed by atoms with Gasteiger partial charge in [0.2, 0.25) is 0 Å². The summed E-state index contributed by atoms with van der Waals surface area (Å²) in [5.41, 5.74) is 0.600. The number of hydrogen-bond donors (Lipinski definition) is 1. The topological polar surface area (TPSA) is 86.9 Å². The molecule has 1 saturated heterocycles. The van der Waals surface area contributed by atoms with Crippen LogP contribution in [0, 0.1) is 10.1 Å². The summed E-state index contributed by atoms with van der Waals surface area (Å²) in [6.45, 7) is 3.03. The van der Waals surface area contributed by atoms with Crippen molar-refractivity contribution in [2.75, 3.05) is 24.5 Å². The lowest BCUT2D eigenvalue weighted by Gasteiger charge is -2.39. The number of nitro groups is 1. The predicted octanol–water partition coefficient (Wildman–Crippen LogP) is 1.78. The molecule has 1 aromatic rings. The van der Waals surface area contributed by atoms with Crippen molar-refractivity contribution in [1.29, 1.82) is 0 Å². The monoisotopic (exact) mass is 265 g/mol. The van der Waals surface area contributed by atoms with Crippen LogP contribution in [0.4, 0.5) is 16.2 Å². The van der Waals surface area contributed by atoms with Gasteiger partial charge in [-0.15, -0.1) is 0 Å². The molecule has 0 aliphatic carbocycles. The minimum absolute atomic E-state index is 0.0538. The van der Waals surface area contributed by atoms with Gasteiger partial charge >= 0.3 is 6.09 Å². The highest BCUT2D eigenvalue weighted by Gasteiger charge is 2.29. The van der Waals surface area contributed by atoms with Crippen LogP contribution in [0.25, 0.3) is 0 Å². The normalized spacial score (nSPS) is 19.3. The zero-order chi connectivity index (χ0) is 14.0. The number of carboxylic acid groups (broad SMARTS) is 1. The molecule has 1 fully saturated rings. The van der Waals surface area contributed by atoms with Gasteiger partial charge in [0.15, 0.2) is 0 Å². The fraction of sp³-hybridized carbons (Fsp3) is 0.417. The van der Waals surface area contributed by atoms with Gasteiger partial charge in [0.1, 0.15) is 5.69 Å². The van der Waals surface area contributed by atoms with E-state index in [1.165, 1.54) is 11.0 Å². The molecule has 19 heavy (non-hydrogen) atoms. The molecule has 1 unspecified atom stereocenters. The molecule has 2 rings (SSSR count). The lowest BCUT2D eigenvalue weighted by Crippen LogP contribution is -2.53. The number of nitro benzene ring substituents is 1. The van der Waals surface area contributed by atoms with Crippen LogP contribution in [0.5, 0.6) is 0 Å². The summed E-state index contributed by atoms with van der Waals surface area (Å²) in [6, 6.07) is 6.45. The van der Waals surface area contributed by atoms with E-state index >= 15 is 0 Å². The fourth-order valence-electron chi connectivity index (χ4n) is 2.35. The fourth-order valence-corrected chi connectivity index (χ4v) is 2.35. The lowest BCUT2D eigenvalue weighted by atomic mass is 10.1. The van der Waals surface area contributed by atoms with Crippen LogP contribution < -0.4 is 4.90 Å². The van der Waals surface area contributed by atoms with Crippen molar-refractivity contribution in [1.82, 2.24) is 4.90 Å². The molecule has 1 amide bonds. The standard InChI is InChI=1S/C12H15N3O4/c1-9-8-13(12(16)17)6-7-14(9)10-4-2-3-5-11(10)15(18)19/h2-5,9H,6-8H2,1H3,(H,16,17). The van der Waals surface area contributed by atoms with Gasteiger partial charge in [0.05, 0.1) is 4.92 Å². The van der Waals surface area contributed by atoms with E-state index in [2.05, 4.69) is 0 Å². The Bertz CT molecular complexity index is 506. The predicted molar refractivity (Wildman–Crippen MR) is 69.5 cm³/mol. The van der Waals surface area contributed by atoms with E-state index in [9.17, 15) is 14.9 Å². The molecular weight excluding hydrogens is 250 g/mol. The number of benzene rings is 1. The maximum absolute atomic E-state index is 11.0. The van der Waals surface area contributed by atoms with Crippen molar-refractivity contribution in [3.05, 3.63) is 34.4 Å². The first-order valence-corrected chi connectivity index (χ1v) is 5.98. The van der Waals surface area contributed by atoms with Gasteiger partial charge in [-0.05, 0) is 13.0 Å². The molecular formula is C12H15N3O4. The second-order valence-corrected chi connectivity index (χ2v) is 4.52. The number of para-hydroxylation sites is 2. The molecule has 1 aliphatic rings. The minimum atomic E-state index is -0.950. The SMILES string of the molecule is CC1CN(C(=O)O)CCN1c1ccccc1[N+](=O)[O-]. The maximum Gasteiger partial charge on any atom is 0.407 e. The van der Waals surface area contributed by atoms with Crippen molar-refractivity contribution in [2.24, 2.45) is 0 Å². The average molecular weight is 265 g/mol. The van der Waals surface area contributed by atoms with Crippen LogP contribution in [-0.4, -0.2) is 46.7 Å². The Morgan fingerprint density at radius 1 is 1.42 bits per heavy atom. The zero-order valence-electron chi connectivity index (χ0n) is 10.5. The van der Waals surface area contributed by atoms with Crippen LogP contribution in [0.2, 0.25) is 0 Å². The van der Waals surface area contributed by atoms with Crippen LogP contribution in [0.15, 0.2) is 24.3 Å². The zero-order valence-corrected chi connectivity index (χ0v) is 10.5. The van der Waals surface area contributed by atoms with Gasteiger partial charge < -0.3 is 14.9 Å². The molecule has 1 aromatic carbocycles. The molecule has 1 aliphatic heterocycles. The molecule has 1 heterocycles. The first-order chi connectivity index (χ1) is 9.00. The molecule has 0 spiro atoms. The number of nitrogens with zero attached hydrogens (tertiary/aromatic N) is 3. The summed E-state index contributed by atoms with van der Waals surface area (Å²) in [7, 11) is 0. The van der Waals surface area contributed by atoms with E-state index in [1.54, 1.807) is 18.2 Å². The van der Waals surface area contributed by atoms with Gasteiger partial charge in [-0.25, -0.2) is 4.79 Å². The quantitative estimate of drug-likeness (QED) is 0.650. The highest BCUT2D eigenvalue weighted by atomic mass is 16.6. The Kier molecular flexibility index (Phi) is 3.55. The molecule has 102 valence electrons. The highest BCUT2D eigenvalue weighted by molar-refractivity contribution is 5.67. The molecule has 0 aromatic heterocycles. The number of hydrogen-bond acceptors (Lipinski definition) is 4. The largest absolute Gasteiger partial charge is 0.465 e. The van der Waals surface area contributed by atoms with E-state index in [1.807, 2.05) is 11.8 Å². The summed E-state index contributed by atoms with van der Waals surface area (Å²) >= 11 is 0. The summed E-state index contributed by atoms with van der Waals surface area (Å²) in [5.74, 6) is 0. The molecule has 1 N–H and O–H groups in total. The van der Waals surface area contributed by atoms with Crippen LogP contribution >= 0.6 is 0 Å². The molecule has 0 saturated carbocycles. The van der Waals surface area contributed by atoms with E-state index < -0.39 is 11.0 Å². The van der Waals surface area contributed by atoms with Crippen LogP contribution in [0.3, 0.4) is 0 Å². The van der Waals surface area contributed by atoms with Gasteiger partial charge in [-0.2, -0.15) is 0 Å². The van der Waals surface area contributed by atoms with E-state index in [4.69, 9.17) is 5.11 Å². The third-order valence-corrected chi connectivity index (χ3v) is 3.29. The smallest absolute Gasteiger partial charge is 0.407 e. The first-order valence-electron chi connectivity index (χ1n) is 5.98. The molecule has 1 atom stereocenters. The number of carbonyl (C=O) groups is 1. The molecule has 0 radical (unpaired) electrons. The Morgan fingerprint density at radius 3 is 2.68 bits per heavy atom. The Hall–Kier alpha value is -2.31. The number of amides is 1. The summed E-state index contributed by atoms with van der Waals surface area (Å²) < 4.78 is 0. The van der Waals surface area contributed by atoms with Gasteiger partial charge in [0.25, 0.3) is 5.69 Å². The van der Waals surface area contributed by atoms with Crippen LogP contribution in [-0.2, 0) is 0 Å². The number of piperazine rings is 1. The van der Waals surface area contributed by atoms with Crippen molar-refractivity contribution in [2.45, 2.75) is 13.0 Å². The van der Waals surface area contributed by atoms with Gasteiger partial charge in [0, 0.05) is 31.7 Å². The summed E-state index contributed by atoms with van der Waals surface area (Å²) in [6.07, 6.45) is -0.950. The van der Waals surface area contributed by atoms with E-state index in [0.717, 1.165) is 0 Å². The number of anilines is 1. The average Bonchev–Trinajstić information content (AvgIpc) is 2.38. The van der Waals surface area contributed by atoms with Crippen molar-refractivity contribution in [3.8, 4) is 0 Å². The molecule has 7 heteroatoms. The second kappa shape index (κ2) is 5.13. The maximum atomic E-state index is 11.0. The van der Waals surface area contributed by atoms with Gasteiger partial charge in [-0.3, -0.25) is 10.1 Å². The highest BCUT2D eigenvalue weighted by Crippen LogP contribution is 2.30. The molecule has 0 bridgehead atoms. The van der Waals surface area contributed by atoms with Crippen LogP contribution in [0.1, 0.15) is 6.92 Å². The number of rotatable bonds is 2. The van der Waals surface area contributed by atoms with E-state index in [-0.39, 0.29) is 11.7 Å². The molecule has 7 nitrogen and oxygen atoms in total. The third-order valence-electron chi connectivity index (χ3n) is 3.29. The lowest BCUT2D eigenvalue weighted by molar-refractivity contribution is -0.384. The Morgan fingerprint density at radius 2 is 2.11 bits per heavy atom. The Labute approximate surface area is 110 Å².